The van der Waals surface area contributed by atoms with E-state index in [9.17, 15) is 14.4 Å². The van der Waals surface area contributed by atoms with Gasteiger partial charge in [0.1, 0.15) is 0 Å². The third-order valence-corrected chi connectivity index (χ3v) is 6.66. The summed E-state index contributed by atoms with van der Waals surface area (Å²) in [6.07, 6.45) is 4.45. The number of carbonyl (C=O) groups excluding carboxylic acids is 3. The number of nitrogens with one attached hydrogen (secondary N) is 1. The fraction of sp³-hybridized carbons (Fsp3) is 0.480. The fourth-order valence-electron chi connectivity index (χ4n) is 4.36. The molecule has 1 N–H and O–H groups in total. The van der Waals surface area contributed by atoms with Crippen LogP contribution >= 0.6 is 0 Å². The lowest BCUT2D eigenvalue weighted by Crippen LogP contribution is -2.49. The van der Waals surface area contributed by atoms with Crippen LogP contribution in [0.15, 0.2) is 41.0 Å². The minimum atomic E-state index is -0.117. The predicted molar refractivity (Wildman–Crippen MR) is 126 cm³/mol. The first-order valence-corrected chi connectivity index (χ1v) is 11.8. The van der Waals surface area contributed by atoms with Crippen LogP contribution < -0.4 is 10.2 Å². The Morgan fingerprint density at radius 1 is 1.06 bits per heavy atom. The van der Waals surface area contributed by atoms with Gasteiger partial charge >= 0.3 is 0 Å². The van der Waals surface area contributed by atoms with Crippen molar-refractivity contribution in [3.05, 3.63) is 47.9 Å². The third-order valence-electron chi connectivity index (χ3n) is 6.66. The molecule has 1 saturated carbocycles. The fourth-order valence-corrected chi connectivity index (χ4v) is 4.36. The SMILES string of the molecule is CCN(CC)C(=O)c1cc(NC(=O)C2CCC2)ccc1N1CCN(C(=O)c2ccco2)CC1. The summed E-state index contributed by atoms with van der Waals surface area (Å²) in [5, 5.41) is 2.99. The number of carbonyl (C=O) groups is 3. The first kappa shape index (κ1) is 22.9. The molecule has 1 aliphatic heterocycles. The lowest BCUT2D eigenvalue weighted by atomic mass is 9.85. The van der Waals surface area contributed by atoms with Gasteiger partial charge in [-0.05, 0) is 57.0 Å². The molecule has 2 aliphatic rings. The number of furan rings is 1. The number of hydrogen-bond acceptors (Lipinski definition) is 5. The maximum absolute atomic E-state index is 13.3. The van der Waals surface area contributed by atoms with Crippen molar-refractivity contribution in [2.45, 2.75) is 33.1 Å². The zero-order chi connectivity index (χ0) is 23.4. The second-order valence-electron chi connectivity index (χ2n) is 8.58. The molecule has 2 fully saturated rings. The van der Waals surface area contributed by atoms with Crippen LogP contribution in [0.1, 0.15) is 54.0 Å². The van der Waals surface area contributed by atoms with E-state index in [1.165, 1.54) is 6.26 Å². The molecule has 0 bridgehead atoms. The molecule has 1 saturated heterocycles. The third kappa shape index (κ3) is 4.89. The Hall–Kier alpha value is -3.29. The number of nitrogens with zero attached hydrogens (tertiary/aromatic N) is 3. The quantitative estimate of drug-likeness (QED) is 0.695. The topological polar surface area (TPSA) is 86.1 Å². The minimum absolute atomic E-state index is 0.0280. The molecule has 8 nitrogen and oxygen atoms in total. The molecular formula is C25H32N4O4. The van der Waals surface area contributed by atoms with Gasteiger partial charge in [0.25, 0.3) is 11.8 Å². The van der Waals surface area contributed by atoms with Crippen molar-refractivity contribution < 1.29 is 18.8 Å². The van der Waals surface area contributed by atoms with Crippen LogP contribution in [0.25, 0.3) is 0 Å². The van der Waals surface area contributed by atoms with Crippen LogP contribution in [0, 0.1) is 5.92 Å². The first-order valence-electron chi connectivity index (χ1n) is 11.8. The first-order chi connectivity index (χ1) is 16.0. The number of piperazine rings is 1. The molecule has 33 heavy (non-hydrogen) atoms. The summed E-state index contributed by atoms with van der Waals surface area (Å²) < 4.78 is 5.25. The van der Waals surface area contributed by atoms with Gasteiger partial charge in [-0.3, -0.25) is 14.4 Å². The van der Waals surface area contributed by atoms with Crippen molar-refractivity contribution >= 4 is 29.1 Å². The molecule has 8 heteroatoms. The largest absolute Gasteiger partial charge is 0.459 e. The number of anilines is 2. The van der Waals surface area contributed by atoms with Crippen molar-refractivity contribution in [1.29, 1.82) is 0 Å². The van der Waals surface area contributed by atoms with Crippen molar-refractivity contribution in [3.8, 4) is 0 Å². The van der Waals surface area contributed by atoms with Crippen LogP contribution in [-0.2, 0) is 4.79 Å². The van der Waals surface area contributed by atoms with Gasteiger partial charge in [0.15, 0.2) is 5.76 Å². The Balaban J connectivity index is 1.53. The Labute approximate surface area is 194 Å². The number of amides is 3. The second-order valence-corrected chi connectivity index (χ2v) is 8.58. The molecule has 1 aromatic carbocycles. The molecule has 176 valence electrons. The molecule has 0 radical (unpaired) electrons. The maximum Gasteiger partial charge on any atom is 0.289 e. The Bertz CT molecular complexity index is 988. The Morgan fingerprint density at radius 2 is 1.79 bits per heavy atom. The van der Waals surface area contributed by atoms with E-state index in [0.29, 0.717) is 56.3 Å². The minimum Gasteiger partial charge on any atom is -0.459 e. The molecule has 1 aromatic heterocycles. The summed E-state index contributed by atoms with van der Waals surface area (Å²) >= 11 is 0. The monoisotopic (exact) mass is 452 g/mol. The molecule has 0 unspecified atom stereocenters. The van der Waals surface area contributed by atoms with Gasteiger partial charge in [-0.15, -0.1) is 0 Å². The lowest BCUT2D eigenvalue weighted by molar-refractivity contribution is -0.122. The molecule has 0 atom stereocenters. The summed E-state index contributed by atoms with van der Waals surface area (Å²) in [6, 6.07) is 8.96. The van der Waals surface area contributed by atoms with E-state index in [1.54, 1.807) is 28.0 Å². The molecule has 0 spiro atoms. The van der Waals surface area contributed by atoms with E-state index in [4.69, 9.17) is 4.42 Å². The summed E-state index contributed by atoms with van der Waals surface area (Å²) in [7, 11) is 0. The number of benzene rings is 1. The zero-order valence-corrected chi connectivity index (χ0v) is 19.4. The standard InChI is InChI=1S/C25H32N4O4/c1-3-27(4-2)24(31)20-17-19(26-23(30)18-7-5-8-18)10-11-21(20)28-12-14-29(15-13-28)25(32)22-9-6-16-33-22/h6,9-11,16-18H,3-5,7-8,12-15H2,1-2H3,(H,26,30). The smallest absolute Gasteiger partial charge is 0.289 e. The van der Waals surface area contributed by atoms with Crippen LogP contribution in [0.4, 0.5) is 11.4 Å². The van der Waals surface area contributed by atoms with Crippen LogP contribution in [-0.4, -0.2) is 66.8 Å². The summed E-state index contributed by atoms with van der Waals surface area (Å²) in [4.78, 5) is 44.1. The Morgan fingerprint density at radius 3 is 2.36 bits per heavy atom. The van der Waals surface area contributed by atoms with Crippen LogP contribution in [0.5, 0.6) is 0 Å². The molecule has 3 amide bonds. The highest BCUT2D eigenvalue weighted by Gasteiger charge is 2.28. The van der Waals surface area contributed by atoms with Crippen molar-refractivity contribution in [1.82, 2.24) is 9.80 Å². The molecule has 2 aromatic rings. The highest BCUT2D eigenvalue weighted by atomic mass is 16.3. The summed E-state index contributed by atoms with van der Waals surface area (Å²) in [5.74, 6) is 0.274. The Kier molecular flexibility index (Phi) is 7.01. The second kappa shape index (κ2) is 10.1. The van der Waals surface area contributed by atoms with E-state index >= 15 is 0 Å². The van der Waals surface area contributed by atoms with Gasteiger partial charge in [0, 0.05) is 56.6 Å². The van der Waals surface area contributed by atoms with E-state index < -0.39 is 0 Å². The zero-order valence-electron chi connectivity index (χ0n) is 19.4. The van der Waals surface area contributed by atoms with Gasteiger partial charge in [0.05, 0.1) is 11.8 Å². The van der Waals surface area contributed by atoms with Crippen LogP contribution in [0.2, 0.25) is 0 Å². The molecular weight excluding hydrogens is 420 g/mol. The summed E-state index contributed by atoms with van der Waals surface area (Å²) in [6.45, 7) is 7.44. The predicted octanol–water partition coefficient (Wildman–Crippen LogP) is 3.46. The number of hydrogen-bond donors (Lipinski definition) is 1. The highest BCUT2D eigenvalue weighted by molar-refractivity contribution is 6.02. The van der Waals surface area contributed by atoms with E-state index in [2.05, 4.69) is 10.2 Å². The lowest BCUT2D eigenvalue weighted by Gasteiger charge is -2.37. The average Bonchev–Trinajstić information content (AvgIpc) is 3.33. The van der Waals surface area contributed by atoms with Crippen LogP contribution in [0.3, 0.4) is 0 Å². The van der Waals surface area contributed by atoms with Gasteiger partial charge < -0.3 is 24.4 Å². The van der Waals surface area contributed by atoms with Gasteiger partial charge in [-0.25, -0.2) is 0 Å². The average molecular weight is 453 g/mol. The maximum atomic E-state index is 13.3. The summed E-state index contributed by atoms with van der Waals surface area (Å²) in [5.41, 5.74) is 2.06. The molecule has 1 aliphatic carbocycles. The van der Waals surface area contributed by atoms with Gasteiger partial charge in [0.2, 0.25) is 5.91 Å². The van der Waals surface area contributed by atoms with Gasteiger partial charge in [-0.1, -0.05) is 6.42 Å². The van der Waals surface area contributed by atoms with E-state index in [1.807, 2.05) is 26.0 Å². The van der Waals surface area contributed by atoms with E-state index in [0.717, 1.165) is 24.9 Å². The normalized spacial score (nSPS) is 16.3. The molecule has 2 heterocycles. The highest BCUT2D eigenvalue weighted by Crippen LogP contribution is 2.30. The van der Waals surface area contributed by atoms with Crippen molar-refractivity contribution in [2.75, 3.05) is 49.5 Å². The van der Waals surface area contributed by atoms with Crippen molar-refractivity contribution in [3.63, 3.8) is 0 Å². The van der Waals surface area contributed by atoms with Gasteiger partial charge in [-0.2, -0.15) is 0 Å². The molecule has 4 rings (SSSR count). The van der Waals surface area contributed by atoms with Crippen molar-refractivity contribution in [2.24, 2.45) is 5.92 Å². The van der Waals surface area contributed by atoms with E-state index in [-0.39, 0.29) is 23.6 Å². The number of rotatable bonds is 7.